The monoisotopic (exact) mass is 403 g/mol. The van der Waals surface area contributed by atoms with E-state index in [4.69, 9.17) is 23.2 Å². The molecule has 0 amide bonds. The van der Waals surface area contributed by atoms with Gasteiger partial charge in [-0.1, -0.05) is 29.3 Å². The summed E-state index contributed by atoms with van der Waals surface area (Å²) < 4.78 is 40.5. The van der Waals surface area contributed by atoms with Crippen molar-refractivity contribution >= 4 is 33.2 Å². The average molecular weight is 404 g/mol. The van der Waals surface area contributed by atoms with Gasteiger partial charge in [-0.15, -0.1) is 0 Å². The minimum absolute atomic E-state index is 0.113. The van der Waals surface area contributed by atoms with Crippen molar-refractivity contribution in [2.75, 3.05) is 26.2 Å². The van der Waals surface area contributed by atoms with Gasteiger partial charge in [0.05, 0.1) is 0 Å². The SMILES string of the molecule is O=S(=O)(c1ccc(Cl)nc1)N1CCN(Cc2c(F)cccc2Cl)CC1. The van der Waals surface area contributed by atoms with Gasteiger partial charge in [-0.3, -0.25) is 4.90 Å². The van der Waals surface area contributed by atoms with E-state index in [2.05, 4.69) is 4.98 Å². The van der Waals surface area contributed by atoms with E-state index >= 15 is 0 Å². The number of sulfonamides is 1. The van der Waals surface area contributed by atoms with Crippen LogP contribution in [0.15, 0.2) is 41.4 Å². The average Bonchev–Trinajstić information content (AvgIpc) is 2.59. The van der Waals surface area contributed by atoms with Gasteiger partial charge >= 0.3 is 0 Å². The second kappa shape index (κ2) is 7.55. The first-order chi connectivity index (χ1) is 11.9. The maximum Gasteiger partial charge on any atom is 0.244 e. The molecule has 2 heterocycles. The van der Waals surface area contributed by atoms with Crippen molar-refractivity contribution < 1.29 is 12.8 Å². The summed E-state index contributed by atoms with van der Waals surface area (Å²) in [6, 6.07) is 7.47. The molecular formula is C16H16Cl2FN3O2S. The standard InChI is InChI=1S/C16H16Cl2FN3O2S/c17-14-2-1-3-15(19)13(14)11-21-6-8-22(9-7-21)25(23,24)12-4-5-16(18)20-10-12/h1-5,10H,6-9,11H2. The highest BCUT2D eigenvalue weighted by molar-refractivity contribution is 7.89. The quantitative estimate of drug-likeness (QED) is 0.736. The summed E-state index contributed by atoms with van der Waals surface area (Å²) in [5.74, 6) is -0.352. The van der Waals surface area contributed by atoms with Crippen LogP contribution >= 0.6 is 23.2 Å². The minimum atomic E-state index is -3.61. The van der Waals surface area contributed by atoms with Crippen LogP contribution in [-0.4, -0.2) is 48.8 Å². The van der Waals surface area contributed by atoms with Crippen molar-refractivity contribution in [3.05, 3.63) is 58.1 Å². The molecule has 0 spiro atoms. The fraction of sp³-hybridized carbons (Fsp3) is 0.312. The molecule has 3 rings (SSSR count). The summed E-state index contributed by atoms with van der Waals surface area (Å²) in [6.07, 6.45) is 1.25. The number of hydrogen-bond acceptors (Lipinski definition) is 4. The van der Waals surface area contributed by atoms with Crippen LogP contribution in [0.2, 0.25) is 10.2 Å². The number of hydrogen-bond donors (Lipinski definition) is 0. The molecule has 1 aliphatic rings. The van der Waals surface area contributed by atoms with Gasteiger partial charge in [-0.05, 0) is 24.3 Å². The van der Waals surface area contributed by atoms with Gasteiger partial charge in [0.15, 0.2) is 0 Å². The molecule has 1 fully saturated rings. The molecule has 1 aromatic carbocycles. The lowest BCUT2D eigenvalue weighted by Gasteiger charge is -2.34. The maximum atomic E-state index is 13.9. The van der Waals surface area contributed by atoms with Crippen LogP contribution in [0.3, 0.4) is 0 Å². The van der Waals surface area contributed by atoms with Crippen LogP contribution in [0.5, 0.6) is 0 Å². The van der Waals surface area contributed by atoms with E-state index in [0.29, 0.717) is 43.3 Å². The van der Waals surface area contributed by atoms with Gasteiger partial charge < -0.3 is 0 Å². The number of benzene rings is 1. The van der Waals surface area contributed by atoms with Crippen LogP contribution in [0.25, 0.3) is 0 Å². The maximum absolute atomic E-state index is 13.9. The Morgan fingerprint density at radius 3 is 2.40 bits per heavy atom. The zero-order valence-electron chi connectivity index (χ0n) is 13.2. The van der Waals surface area contributed by atoms with E-state index in [1.54, 1.807) is 12.1 Å². The van der Waals surface area contributed by atoms with E-state index in [1.165, 1.54) is 28.7 Å². The zero-order valence-corrected chi connectivity index (χ0v) is 15.5. The van der Waals surface area contributed by atoms with Crippen molar-refractivity contribution in [2.24, 2.45) is 0 Å². The molecule has 0 bridgehead atoms. The Bertz CT molecular complexity index is 834. The minimum Gasteiger partial charge on any atom is -0.296 e. The molecule has 0 atom stereocenters. The Morgan fingerprint density at radius 2 is 1.80 bits per heavy atom. The lowest BCUT2D eigenvalue weighted by molar-refractivity contribution is 0.180. The van der Waals surface area contributed by atoms with Crippen molar-refractivity contribution in [1.29, 1.82) is 0 Å². The summed E-state index contributed by atoms with van der Waals surface area (Å²) in [5, 5.41) is 0.618. The van der Waals surface area contributed by atoms with Crippen LogP contribution in [0.4, 0.5) is 4.39 Å². The van der Waals surface area contributed by atoms with Crippen molar-refractivity contribution in [3.8, 4) is 0 Å². The summed E-state index contributed by atoms with van der Waals surface area (Å²) in [4.78, 5) is 5.92. The Balaban J connectivity index is 1.66. The van der Waals surface area contributed by atoms with E-state index < -0.39 is 10.0 Å². The van der Waals surface area contributed by atoms with Gasteiger partial charge in [0.1, 0.15) is 15.9 Å². The fourth-order valence-corrected chi connectivity index (χ4v) is 4.40. The molecule has 0 unspecified atom stereocenters. The first-order valence-corrected chi connectivity index (χ1v) is 9.84. The predicted molar refractivity (Wildman–Crippen MR) is 94.7 cm³/mol. The summed E-state index contributed by atoms with van der Waals surface area (Å²) in [7, 11) is -3.61. The van der Waals surface area contributed by atoms with Crippen LogP contribution in [0.1, 0.15) is 5.56 Å². The number of piperazine rings is 1. The molecule has 0 saturated carbocycles. The largest absolute Gasteiger partial charge is 0.296 e. The van der Waals surface area contributed by atoms with Crippen LogP contribution < -0.4 is 0 Å². The first-order valence-electron chi connectivity index (χ1n) is 7.65. The first kappa shape index (κ1) is 18.5. The Morgan fingerprint density at radius 1 is 1.08 bits per heavy atom. The predicted octanol–water partition coefficient (Wildman–Crippen LogP) is 3.03. The fourth-order valence-electron chi connectivity index (χ4n) is 2.70. The molecule has 0 N–H and O–H groups in total. The van der Waals surface area contributed by atoms with Gasteiger partial charge in [-0.2, -0.15) is 4.31 Å². The third-order valence-electron chi connectivity index (χ3n) is 4.11. The molecule has 134 valence electrons. The van der Waals surface area contributed by atoms with Crippen molar-refractivity contribution in [3.63, 3.8) is 0 Å². The highest BCUT2D eigenvalue weighted by Gasteiger charge is 2.29. The van der Waals surface area contributed by atoms with Crippen LogP contribution in [0, 0.1) is 5.82 Å². The van der Waals surface area contributed by atoms with Gasteiger partial charge in [0, 0.05) is 49.5 Å². The number of pyridine rings is 1. The number of rotatable bonds is 4. The van der Waals surface area contributed by atoms with E-state index in [9.17, 15) is 12.8 Å². The van der Waals surface area contributed by atoms with E-state index in [-0.39, 0.29) is 15.9 Å². The molecule has 1 saturated heterocycles. The Hall–Kier alpha value is -1.25. The molecule has 1 aliphatic heterocycles. The molecule has 0 radical (unpaired) electrons. The van der Waals surface area contributed by atoms with Gasteiger partial charge in [0.2, 0.25) is 10.0 Å². The normalized spacial score (nSPS) is 16.9. The summed E-state index contributed by atoms with van der Waals surface area (Å²) in [5.41, 5.74) is 0.433. The molecule has 2 aromatic rings. The second-order valence-corrected chi connectivity index (χ2v) is 8.43. The molecule has 5 nitrogen and oxygen atoms in total. The van der Waals surface area contributed by atoms with E-state index in [1.807, 2.05) is 4.90 Å². The third kappa shape index (κ3) is 4.12. The van der Waals surface area contributed by atoms with Crippen LogP contribution in [-0.2, 0) is 16.6 Å². The molecule has 0 aliphatic carbocycles. The molecule has 1 aromatic heterocycles. The number of halogens is 3. The lowest BCUT2D eigenvalue weighted by atomic mass is 10.2. The van der Waals surface area contributed by atoms with Gasteiger partial charge in [0.25, 0.3) is 0 Å². The van der Waals surface area contributed by atoms with Crippen molar-refractivity contribution in [2.45, 2.75) is 11.4 Å². The number of aromatic nitrogens is 1. The summed E-state index contributed by atoms with van der Waals surface area (Å²) >= 11 is 11.8. The van der Waals surface area contributed by atoms with E-state index in [0.717, 1.165) is 0 Å². The van der Waals surface area contributed by atoms with Crippen molar-refractivity contribution in [1.82, 2.24) is 14.2 Å². The second-order valence-electron chi connectivity index (χ2n) is 5.70. The Kier molecular flexibility index (Phi) is 5.60. The smallest absolute Gasteiger partial charge is 0.244 e. The zero-order chi connectivity index (χ0) is 18.0. The van der Waals surface area contributed by atoms with Gasteiger partial charge in [-0.25, -0.2) is 17.8 Å². The number of nitrogens with zero attached hydrogens (tertiary/aromatic N) is 3. The highest BCUT2D eigenvalue weighted by atomic mass is 35.5. The lowest BCUT2D eigenvalue weighted by Crippen LogP contribution is -2.48. The molecule has 25 heavy (non-hydrogen) atoms. The Labute approximate surface area is 156 Å². The highest BCUT2D eigenvalue weighted by Crippen LogP contribution is 2.23. The topological polar surface area (TPSA) is 53.5 Å². The summed E-state index contributed by atoms with van der Waals surface area (Å²) in [6.45, 7) is 1.96. The third-order valence-corrected chi connectivity index (χ3v) is 6.57. The molecule has 9 heteroatoms. The molecular weight excluding hydrogens is 388 g/mol.